The number of nitrogens with one attached hydrogen (secondary N) is 1. The number of hydrogen-bond acceptors (Lipinski definition) is 5. The second kappa shape index (κ2) is 9.09. The van der Waals surface area contributed by atoms with Gasteiger partial charge in [0.15, 0.2) is 17.1 Å². The number of methoxy groups -OCH3 is 2. The van der Waals surface area contributed by atoms with E-state index in [0.29, 0.717) is 30.0 Å². The lowest BCUT2D eigenvalue weighted by Crippen LogP contribution is -2.14. The van der Waals surface area contributed by atoms with Crippen LogP contribution in [0.1, 0.15) is 23.4 Å². The van der Waals surface area contributed by atoms with Crippen LogP contribution in [-0.4, -0.2) is 34.7 Å². The third-order valence-corrected chi connectivity index (χ3v) is 5.50. The highest BCUT2D eigenvalue weighted by Crippen LogP contribution is 2.30. The van der Waals surface area contributed by atoms with Crippen molar-refractivity contribution in [2.24, 2.45) is 0 Å². The first-order valence-electron chi connectivity index (χ1n) is 10.4. The molecular formula is C25H26N4O3. The largest absolute Gasteiger partial charge is 0.493 e. The van der Waals surface area contributed by atoms with Gasteiger partial charge in [0.25, 0.3) is 0 Å². The molecule has 2 aromatic heterocycles. The van der Waals surface area contributed by atoms with Crippen LogP contribution in [0.5, 0.6) is 11.5 Å². The Morgan fingerprint density at radius 3 is 2.47 bits per heavy atom. The fourth-order valence-corrected chi connectivity index (χ4v) is 3.81. The smallest absolute Gasteiger partial charge is 0.224 e. The van der Waals surface area contributed by atoms with E-state index in [-0.39, 0.29) is 5.91 Å². The monoisotopic (exact) mass is 430 g/mol. The maximum Gasteiger partial charge on any atom is 0.224 e. The van der Waals surface area contributed by atoms with E-state index in [0.717, 1.165) is 33.9 Å². The molecule has 0 fully saturated rings. The topological polar surface area (TPSA) is 77.8 Å². The van der Waals surface area contributed by atoms with Crippen LogP contribution in [-0.2, 0) is 11.2 Å². The van der Waals surface area contributed by atoms with E-state index in [1.165, 1.54) is 0 Å². The first-order chi connectivity index (χ1) is 15.5. The Labute approximate surface area is 187 Å². The number of benzene rings is 2. The van der Waals surface area contributed by atoms with E-state index in [1.54, 1.807) is 32.4 Å². The van der Waals surface area contributed by atoms with E-state index in [9.17, 15) is 4.79 Å². The van der Waals surface area contributed by atoms with Crippen LogP contribution in [0.2, 0.25) is 0 Å². The molecular weight excluding hydrogens is 404 g/mol. The average Bonchev–Trinajstić information content (AvgIpc) is 3.23. The second-order valence-corrected chi connectivity index (χ2v) is 7.54. The molecule has 0 spiro atoms. The van der Waals surface area contributed by atoms with Gasteiger partial charge in [-0.15, -0.1) is 0 Å². The number of carbonyl (C=O) groups is 1. The summed E-state index contributed by atoms with van der Waals surface area (Å²) in [6.45, 7) is 3.99. The zero-order valence-electron chi connectivity index (χ0n) is 18.7. The van der Waals surface area contributed by atoms with Gasteiger partial charge in [-0.25, -0.2) is 9.50 Å². The molecule has 7 heteroatoms. The maximum atomic E-state index is 12.6. The summed E-state index contributed by atoms with van der Waals surface area (Å²) in [7, 11) is 3.14. The van der Waals surface area contributed by atoms with Crippen LogP contribution in [0.25, 0.3) is 16.9 Å². The van der Waals surface area contributed by atoms with Crippen LogP contribution in [0.4, 0.5) is 5.69 Å². The lowest BCUT2D eigenvalue weighted by Gasteiger charge is -2.12. The lowest BCUT2D eigenvalue weighted by atomic mass is 10.1. The van der Waals surface area contributed by atoms with Crippen LogP contribution in [0.3, 0.4) is 0 Å². The summed E-state index contributed by atoms with van der Waals surface area (Å²) in [6.07, 6.45) is 0.899. The number of ether oxygens (including phenoxy) is 2. The molecule has 164 valence electrons. The summed E-state index contributed by atoms with van der Waals surface area (Å²) in [5.41, 5.74) is 6.33. The average molecular weight is 431 g/mol. The van der Waals surface area contributed by atoms with Crippen molar-refractivity contribution in [2.45, 2.75) is 26.7 Å². The quantitative estimate of drug-likeness (QED) is 0.464. The molecule has 1 amide bonds. The molecule has 2 heterocycles. The minimum absolute atomic E-state index is 0.0819. The summed E-state index contributed by atoms with van der Waals surface area (Å²) >= 11 is 0. The maximum absolute atomic E-state index is 12.6. The first-order valence-corrected chi connectivity index (χ1v) is 10.4. The number of carbonyl (C=O) groups excluding carboxylic acids is 1. The van der Waals surface area contributed by atoms with Crippen molar-refractivity contribution in [3.8, 4) is 22.8 Å². The highest BCUT2D eigenvalue weighted by atomic mass is 16.5. The summed E-state index contributed by atoms with van der Waals surface area (Å²) in [5.74, 6) is 1.10. The van der Waals surface area contributed by atoms with Gasteiger partial charge in [-0.05, 0) is 38.0 Å². The van der Waals surface area contributed by atoms with Crippen molar-refractivity contribution < 1.29 is 14.3 Å². The van der Waals surface area contributed by atoms with Gasteiger partial charge in [0.1, 0.15) is 0 Å². The minimum Gasteiger partial charge on any atom is -0.493 e. The van der Waals surface area contributed by atoms with Gasteiger partial charge in [-0.1, -0.05) is 30.3 Å². The molecule has 2 aromatic carbocycles. The van der Waals surface area contributed by atoms with E-state index in [2.05, 4.69) is 5.32 Å². The molecule has 0 aliphatic carbocycles. The van der Waals surface area contributed by atoms with E-state index < -0.39 is 0 Å². The van der Waals surface area contributed by atoms with E-state index in [4.69, 9.17) is 19.6 Å². The van der Waals surface area contributed by atoms with Crippen molar-refractivity contribution in [3.63, 3.8) is 0 Å². The molecule has 7 nitrogen and oxygen atoms in total. The Balaban J connectivity index is 1.51. The fourth-order valence-electron chi connectivity index (χ4n) is 3.81. The van der Waals surface area contributed by atoms with Gasteiger partial charge >= 0.3 is 0 Å². The summed E-state index contributed by atoms with van der Waals surface area (Å²) < 4.78 is 12.4. The Kier molecular flexibility index (Phi) is 6.07. The van der Waals surface area contributed by atoms with E-state index in [1.807, 2.05) is 54.8 Å². The van der Waals surface area contributed by atoms with Gasteiger partial charge in [0, 0.05) is 41.2 Å². The molecule has 4 aromatic rings. The van der Waals surface area contributed by atoms with Gasteiger partial charge in [0.2, 0.25) is 5.91 Å². The number of anilines is 1. The zero-order chi connectivity index (χ0) is 22.7. The molecule has 0 atom stereocenters. The van der Waals surface area contributed by atoms with Crippen LogP contribution < -0.4 is 14.8 Å². The highest BCUT2D eigenvalue weighted by molar-refractivity contribution is 5.91. The molecule has 0 aliphatic heterocycles. The zero-order valence-corrected chi connectivity index (χ0v) is 18.7. The molecule has 0 aliphatic rings. The summed E-state index contributed by atoms with van der Waals surface area (Å²) in [4.78, 5) is 17.3. The molecule has 0 radical (unpaired) electrons. The lowest BCUT2D eigenvalue weighted by molar-refractivity contribution is -0.116. The molecule has 1 N–H and O–H groups in total. The molecule has 0 bridgehead atoms. The highest BCUT2D eigenvalue weighted by Gasteiger charge is 2.15. The predicted octanol–water partition coefficient (Wildman–Crippen LogP) is 4.60. The van der Waals surface area contributed by atoms with Crippen LogP contribution in [0.15, 0.2) is 54.6 Å². The molecule has 0 saturated carbocycles. The third kappa shape index (κ3) is 4.27. The molecule has 0 saturated heterocycles. The van der Waals surface area contributed by atoms with Crippen molar-refractivity contribution >= 4 is 17.2 Å². The van der Waals surface area contributed by atoms with Crippen molar-refractivity contribution in [3.05, 3.63) is 71.5 Å². The standard InChI is InChI=1S/C25H26N4O3/c1-16-20(11-13-25(30)27-19-10-12-22(31-3)23(14-19)32-4)17(2)29-24(26-16)15-21(28-29)18-8-6-5-7-9-18/h5-10,12,14-15H,11,13H2,1-4H3,(H,27,30). The number of fused-ring (bicyclic) bond motifs is 1. The minimum atomic E-state index is -0.0819. The Hall–Kier alpha value is -3.87. The van der Waals surface area contributed by atoms with Gasteiger partial charge in [0.05, 0.1) is 19.9 Å². The van der Waals surface area contributed by atoms with Gasteiger partial charge in [-0.2, -0.15) is 5.10 Å². The number of nitrogens with zero attached hydrogens (tertiary/aromatic N) is 3. The normalized spacial score (nSPS) is 10.9. The fraction of sp³-hybridized carbons (Fsp3) is 0.240. The number of hydrogen-bond donors (Lipinski definition) is 1. The summed E-state index contributed by atoms with van der Waals surface area (Å²) in [6, 6.07) is 17.3. The first kappa shape index (κ1) is 21.4. The number of aromatic nitrogens is 3. The SMILES string of the molecule is COc1ccc(NC(=O)CCc2c(C)nc3cc(-c4ccccc4)nn3c2C)cc1OC. The predicted molar refractivity (Wildman–Crippen MR) is 124 cm³/mol. The Morgan fingerprint density at radius 1 is 1.00 bits per heavy atom. The second-order valence-electron chi connectivity index (χ2n) is 7.54. The van der Waals surface area contributed by atoms with Gasteiger partial charge in [-0.3, -0.25) is 4.79 Å². The Morgan fingerprint density at radius 2 is 1.75 bits per heavy atom. The van der Waals surface area contributed by atoms with Crippen LogP contribution >= 0.6 is 0 Å². The van der Waals surface area contributed by atoms with Crippen molar-refractivity contribution in [1.82, 2.24) is 14.6 Å². The number of amides is 1. The Bertz CT molecular complexity index is 1270. The van der Waals surface area contributed by atoms with E-state index >= 15 is 0 Å². The molecule has 0 unspecified atom stereocenters. The summed E-state index contributed by atoms with van der Waals surface area (Å²) in [5, 5.41) is 7.66. The van der Waals surface area contributed by atoms with Crippen LogP contribution in [0, 0.1) is 13.8 Å². The number of aryl methyl sites for hydroxylation is 2. The van der Waals surface area contributed by atoms with Gasteiger partial charge < -0.3 is 14.8 Å². The molecule has 4 rings (SSSR count). The molecule has 32 heavy (non-hydrogen) atoms. The van der Waals surface area contributed by atoms with Crippen molar-refractivity contribution in [1.29, 1.82) is 0 Å². The van der Waals surface area contributed by atoms with Crippen molar-refractivity contribution in [2.75, 3.05) is 19.5 Å². The number of rotatable bonds is 7. The third-order valence-electron chi connectivity index (χ3n) is 5.50.